The molecular weight excluding hydrogens is 298 g/mol. The predicted octanol–water partition coefficient (Wildman–Crippen LogP) is 4.10. The van der Waals surface area contributed by atoms with Gasteiger partial charge in [0.05, 0.1) is 5.69 Å². The Labute approximate surface area is 137 Å². The Hall–Kier alpha value is -0.260. The van der Waals surface area contributed by atoms with E-state index in [4.69, 9.17) is 4.98 Å². The molecule has 1 aliphatic rings. The van der Waals surface area contributed by atoms with Crippen molar-refractivity contribution in [1.29, 1.82) is 0 Å². The number of thioether (sulfide) groups is 1. The van der Waals surface area contributed by atoms with E-state index in [0.29, 0.717) is 12.0 Å². The van der Waals surface area contributed by atoms with E-state index >= 15 is 0 Å². The summed E-state index contributed by atoms with van der Waals surface area (Å²) in [6.07, 6.45) is 0. The van der Waals surface area contributed by atoms with Gasteiger partial charge in [0.25, 0.3) is 0 Å². The monoisotopic (exact) mass is 327 g/mol. The maximum atomic E-state index is 4.98. The van der Waals surface area contributed by atoms with E-state index in [1.807, 2.05) is 11.3 Å². The summed E-state index contributed by atoms with van der Waals surface area (Å²) in [5, 5.41) is 4.83. The zero-order chi connectivity index (χ0) is 15.6. The molecule has 1 aromatic heterocycles. The minimum absolute atomic E-state index is 0.146. The molecule has 0 radical (unpaired) electrons. The van der Waals surface area contributed by atoms with Gasteiger partial charge in [0.1, 0.15) is 0 Å². The number of nitrogens with zero attached hydrogens (tertiary/aromatic N) is 2. The lowest BCUT2D eigenvalue weighted by molar-refractivity contribution is 0.425. The predicted molar refractivity (Wildman–Crippen MR) is 96.9 cm³/mol. The second kappa shape index (κ2) is 6.88. The molecule has 0 aliphatic carbocycles. The van der Waals surface area contributed by atoms with E-state index in [-0.39, 0.29) is 5.54 Å². The van der Waals surface area contributed by atoms with Crippen molar-refractivity contribution in [2.75, 3.05) is 23.0 Å². The molecule has 0 aromatic carbocycles. The van der Waals surface area contributed by atoms with Crippen molar-refractivity contribution < 1.29 is 0 Å². The van der Waals surface area contributed by atoms with E-state index in [2.05, 4.69) is 63.5 Å². The first-order chi connectivity index (χ1) is 9.78. The van der Waals surface area contributed by atoms with Crippen LogP contribution in [-0.2, 0) is 6.54 Å². The summed E-state index contributed by atoms with van der Waals surface area (Å²) in [6.45, 7) is 15.5. The highest BCUT2D eigenvalue weighted by Gasteiger charge is 2.24. The molecule has 2 rings (SSSR count). The van der Waals surface area contributed by atoms with Crippen LogP contribution >= 0.6 is 23.1 Å². The summed E-state index contributed by atoms with van der Waals surface area (Å²) in [7, 11) is 0. The molecule has 0 amide bonds. The minimum Gasteiger partial charge on any atom is -0.344 e. The fourth-order valence-corrected chi connectivity index (χ4v) is 4.70. The van der Waals surface area contributed by atoms with Gasteiger partial charge < -0.3 is 10.2 Å². The summed E-state index contributed by atoms with van der Waals surface area (Å²) in [5.41, 5.74) is 1.42. The standard InChI is InChI=1S/C16H29N3S2/c1-11(2)14-13(9-17-16(4,5)6)21-15(18-14)19-7-8-20-10-12(19)3/h11-12,17H,7-10H2,1-6H3. The second-order valence-electron chi connectivity index (χ2n) is 7.18. The van der Waals surface area contributed by atoms with Crippen LogP contribution in [-0.4, -0.2) is 34.6 Å². The molecule has 3 nitrogen and oxygen atoms in total. The highest BCUT2D eigenvalue weighted by molar-refractivity contribution is 7.99. The number of thiazole rings is 1. The van der Waals surface area contributed by atoms with E-state index < -0.39 is 0 Å². The van der Waals surface area contributed by atoms with Gasteiger partial charge in [0.15, 0.2) is 5.13 Å². The first-order valence-corrected chi connectivity index (χ1v) is 9.84. The Morgan fingerprint density at radius 1 is 1.38 bits per heavy atom. The van der Waals surface area contributed by atoms with Crippen molar-refractivity contribution in [2.24, 2.45) is 0 Å². The molecule has 0 saturated carbocycles. The lowest BCUT2D eigenvalue weighted by atomic mass is 10.1. The van der Waals surface area contributed by atoms with Crippen molar-refractivity contribution in [2.45, 2.75) is 65.6 Å². The molecule has 5 heteroatoms. The van der Waals surface area contributed by atoms with Crippen LogP contribution in [0.2, 0.25) is 0 Å². The number of hydrogen-bond acceptors (Lipinski definition) is 5. The average molecular weight is 328 g/mol. The van der Waals surface area contributed by atoms with E-state index in [9.17, 15) is 0 Å². The highest BCUT2D eigenvalue weighted by Crippen LogP contribution is 2.33. The van der Waals surface area contributed by atoms with Gasteiger partial charge in [-0.05, 0) is 33.6 Å². The smallest absolute Gasteiger partial charge is 0.186 e. The average Bonchev–Trinajstić information content (AvgIpc) is 2.80. The number of hydrogen-bond donors (Lipinski definition) is 1. The van der Waals surface area contributed by atoms with Crippen molar-refractivity contribution in [1.82, 2.24) is 10.3 Å². The second-order valence-corrected chi connectivity index (χ2v) is 9.39. The molecule has 21 heavy (non-hydrogen) atoms. The van der Waals surface area contributed by atoms with Gasteiger partial charge in [-0.2, -0.15) is 11.8 Å². The molecule has 1 aliphatic heterocycles. The van der Waals surface area contributed by atoms with Crippen LogP contribution in [0.15, 0.2) is 0 Å². The molecule has 1 fully saturated rings. The van der Waals surface area contributed by atoms with Crippen LogP contribution < -0.4 is 10.2 Å². The first kappa shape index (κ1) is 17.1. The van der Waals surface area contributed by atoms with Gasteiger partial charge in [-0.25, -0.2) is 4.98 Å². The van der Waals surface area contributed by atoms with Gasteiger partial charge in [-0.15, -0.1) is 11.3 Å². The molecule has 0 bridgehead atoms. The Morgan fingerprint density at radius 2 is 2.10 bits per heavy atom. The quantitative estimate of drug-likeness (QED) is 0.901. The lowest BCUT2D eigenvalue weighted by Crippen LogP contribution is -2.40. The van der Waals surface area contributed by atoms with Crippen LogP contribution in [0.25, 0.3) is 0 Å². The third kappa shape index (κ3) is 4.60. The van der Waals surface area contributed by atoms with Gasteiger partial charge >= 0.3 is 0 Å². The van der Waals surface area contributed by atoms with Crippen LogP contribution in [0.4, 0.5) is 5.13 Å². The maximum Gasteiger partial charge on any atom is 0.186 e. The minimum atomic E-state index is 0.146. The van der Waals surface area contributed by atoms with E-state index in [1.54, 1.807) is 0 Å². The Kier molecular flexibility index (Phi) is 5.60. The topological polar surface area (TPSA) is 28.2 Å². The molecule has 1 N–H and O–H groups in total. The Bertz CT molecular complexity index is 463. The Balaban J connectivity index is 2.20. The highest BCUT2D eigenvalue weighted by atomic mass is 32.2. The molecule has 1 unspecified atom stereocenters. The number of nitrogens with one attached hydrogen (secondary N) is 1. The number of aromatic nitrogens is 1. The maximum absolute atomic E-state index is 4.98. The molecule has 0 spiro atoms. The molecule has 1 aromatic rings. The first-order valence-electron chi connectivity index (χ1n) is 7.87. The van der Waals surface area contributed by atoms with Gasteiger partial charge in [-0.1, -0.05) is 13.8 Å². The van der Waals surface area contributed by atoms with Crippen LogP contribution in [0.5, 0.6) is 0 Å². The zero-order valence-electron chi connectivity index (χ0n) is 14.2. The third-order valence-corrected chi connectivity index (χ3v) is 5.95. The van der Waals surface area contributed by atoms with Gasteiger partial charge in [0.2, 0.25) is 0 Å². The van der Waals surface area contributed by atoms with E-state index in [0.717, 1.165) is 13.1 Å². The van der Waals surface area contributed by atoms with Gasteiger partial charge in [-0.3, -0.25) is 0 Å². The third-order valence-electron chi connectivity index (χ3n) is 3.66. The summed E-state index contributed by atoms with van der Waals surface area (Å²) in [4.78, 5) is 8.88. The van der Waals surface area contributed by atoms with Crippen molar-refractivity contribution in [3.8, 4) is 0 Å². The van der Waals surface area contributed by atoms with Crippen molar-refractivity contribution in [3.63, 3.8) is 0 Å². The Morgan fingerprint density at radius 3 is 2.67 bits per heavy atom. The van der Waals surface area contributed by atoms with Crippen LogP contribution in [0, 0.1) is 0 Å². The largest absolute Gasteiger partial charge is 0.344 e. The number of anilines is 1. The normalized spacial score (nSPS) is 20.3. The van der Waals surface area contributed by atoms with E-state index in [1.165, 1.54) is 27.2 Å². The summed E-state index contributed by atoms with van der Waals surface area (Å²) in [5.74, 6) is 2.92. The summed E-state index contributed by atoms with van der Waals surface area (Å²) in [6, 6.07) is 0.596. The fourth-order valence-electron chi connectivity index (χ4n) is 2.41. The zero-order valence-corrected chi connectivity index (χ0v) is 15.8. The van der Waals surface area contributed by atoms with Crippen LogP contribution in [0.1, 0.15) is 58.0 Å². The number of rotatable bonds is 4. The molecular formula is C16H29N3S2. The molecule has 120 valence electrons. The van der Waals surface area contributed by atoms with Crippen LogP contribution in [0.3, 0.4) is 0 Å². The fraction of sp³-hybridized carbons (Fsp3) is 0.812. The summed E-state index contributed by atoms with van der Waals surface area (Å²) >= 11 is 3.94. The molecule has 2 heterocycles. The van der Waals surface area contributed by atoms with Crippen molar-refractivity contribution in [3.05, 3.63) is 10.6 Å². The SMILES string of the molecule is CC(C)c1nc(N2CCSCC2C)sc1CNC(C)(C)C. The molecule has 1 saturated heterocycles. The lowest BCUT2D eigenvalue weighted by Gasteiger charge is -2.32. The molecule has 1 atom stereocenters. The van der Waals surface area contributed by atoms with Crippen molar-refractivity contribution >= 4 is 28.2 Å². The van der Waals surface area contributed by atoms with Gasteiger partial charge in [0, 0.05) is 41.1 Å². The summed E-state index contributed by atoms with van der Waals surface area (Å²) < 4.78 is 0.